The number of aromatic nitrogens is 1. The third-order valence-corrected chi connectivity index (χ3v) is 3.13. The van der Waals surface area contributed by atoms with Gasteiger partial charge in [0.1, 0.15) is 0 Å². The molecule has 0 spiro atoms. The van der Waals surface area contributed by atoms with Gasteiger partial charge < -0.3 is 10.6 Å². The Labute approximate surface area is 113 Å². The Bertz CT molecular complexity index is 615. The van der Waals surface area contributed by atoms with Crippen LogP contribution < -0.4 is 5.73 Å². The third kappa shape index (κ3) is 3.01. The largest absolute Gasteiger partial charge is 0.398 e. The summed E-state index contributed by atoms with van der Waals surface area (Å²) in [5, 5.41) is 9.84. The second kappa shape index (κ2) is 5.68. The van der Waals surface area contributed by atoms with Gasteiger partial charge in [-0.25, -0.2) is 0 Å². The van der Waals surface area contributed by atoms with Crippen molar-refractivity contribution >= 4 is 16.6 Å². The van der Waals surface area contributed by atoms with E-state index in [1.165, 1.54) is 0 Å². The molecular formula is C15H18N4. The number of nitrogen functional groups attached to an aromatic ring is 1. The zero-order valence-corrected chi connectivity index (χ0v) is 11.3. The van der Waals surface area contributed by atoms with E-state index in [0.717, 1.165) is 35.2 Å². The molecule has 2 rings (SSSR count). The number of rotatable bonds is 4. The molecule has 0 saturated heterocycles. The van der Waals surface area contributed by atoms with Crippen molar-refractivity contribution in [3.8, 4) is 6.07 Å². The molecule has 0 aliphatic heterocycles. The van der Waals surface area contributed by atoms with Gasteiger partial charge >= 0.3 is 0 Å². The van der Waals surface area contributed by atoms with Crippen molar-refractivity contribution in [2.45, 2.75) is 13.5 Å². The van der Waals surface area contributed by atoms with E-state index < -0.39 is 0 Å². The van der Waals surface area contributed by atoms with Crippen molar-refractivity contribution in [2.75, 3.05) is 19.3 Å². The highest BCUT2D eigenvalue weighted by molar-refractivity contribution is 5.92. The Balaban J connectivity index is 2.27. The highest BCUT2D eigenvalue weighted by Crippen LogP contribution is 2.23. The quantitative estimate of drug-likeness (QED) is 0.851. The summed E-state index contributed by atoms with van der Waals surface area (Å²) in [4.78, 5) is 6.56. The van der Waals surface area contributed by atoms with Gasteiger partial charge in [0.15, 0.2) is 0 Å². The van der Waals surface area contributed by atoms with Crippen LogP contribution in [0.2, 0.25) is 0 Å². The van der Waals surface area contributed by atoms with E-state index in [-0.39, 0.29) is 5.92 Å². The molecule has 2 N–H and O–H groups in total. The summed E-state index contributed by atoms with van der Waals surface area (Å²) < 4.78 is 0. The predicted molar refractivity (Wildman–Crippen MR) is 77.3 cm³/mol. The minimum Gasteiger partial charge on any atom is -0.398 e. The lowest BCUT2D eigenvalue weighted by Crippen LogP contribution is -2.23. The van der Waals surface area contributed by atoms with Crippen LogP contribution in [0, 0.1) is 17.2 Å². The Hall–Kier alpha value is -2.12. The number of nitriles is 1. The third-order valence-electron chi connectivity index (χ3n) is 3.13. The predicted octanol–water partition coefficient (Wildman–Crippen LogP) is 2.41. The fourth-order valence-electron chi connectivity index (χ4n) is 2.24. The number of anilines is 1. The van der Waals surface area contributed by atoms with Crippen LogP contribution in [0.1, 0.15) is 12.5 Å². The van der Waals surface area contributed by atoms with E-state index in [0.29, 0.717) is 0 Å². The molecule has 1 unspecified atom stereocenters. The maximum Gasteiger partial charge on any atom is 0.0767 e. The number of pyridine rings is 1. The molecule has 0 saturated carbocycles. The van der Waals surface area contributed by atoms with Gasteiger partial charge in [0.25, 0.3) is 0 Å². The van der Waals surface area contributed by atoms with E-state index in [4.69, 9.17) is 11.0 Å². The van der Waals surface area contributed by atoms with Crippen molar-refractivity contribution < 1.29 is 0 Å². The summed E-state index contributed by atoms with van der Waals surface area (Å²) in [6, 6.07) is 10.1. The molecule has 0 fully saturated rings. The topological polar surface area (TPSA) is 65.9 Å². The van der Waals surface area contributed by atoms with Gasteiger partial charge in [-0.2, -0.15) is 5.26 Å². The lowest BCUT2D eigenvalue weighted by Gasteiger charge is -2.18. The Morgan fingerprint density at radius 3 is 2.95 bits per heavy atom. The molecule has 0 radical (unpaired) electrons. The number of nitrogens with zero attached hydrogens (tertiary/aromatic N) is 3. The second-order valence-electron chi connectivity index (χ2n) is 4.94. The molecule has 0 aliphatic rings. The van der Waals surface area contributed by atoms with Crippen molar-refractivity contribution in [3.63, 3.8) is 0 Å². The Morgan fingerprint density at radius 1 is 1.42 bits per heavy atom. The van der Waals surface area contributed by atoms with Crippen LogP contribution in [0.5, 0.6) is 0 Å². The van der Waals surface area contributed by atoms with Crippen LogP contribution >= 0.6 is 0 Å². The molecule has 0 bridgehead atoms. The number of fused-ring (bicyclic) bond motifs is 1. The van der Waals surface area contributed by atoms with E-state index in [1.807, 2.05) is 38.2 Å². The molecule has 0 aliphatic carbocycles. The van der Waals surface area contributed by atoms with Crippen molar-refractivity contribution in [2.24, 2.45) is 5.92 Å². The molecule has 1 atom stereocenters. The fourth-order valence-corrected chi connectivity index (χ4v) is 2.24. The van der Waals surface area contributed by atoms with Crippen molar-refractivity contribution in [1.82, 2.24) is 9.88 Å². The number of nitrogens with two attached hydrogens (primary N) is 1. The zero-order chi connectivity index (χ0) is 13.8. The van der Waals surface area contributed by atoms with Crippen LogP contribution in [0.3, 0.4) is 0 Å². The average Bonchev–Trinajstić information content (AvgIpc) is 2.42. The lowest BCUT2D eigenvalue weighted by atomic mass is 10.1. The first-order valence-electron chi connectivity index (χ1n) is 6.32. The maximum absolute atomic E-state index is 8.85. The van der Waals surface area contributed by atoms with Crippen LogP contribution in [-0.4, -0.2) is 23.5 Å². The summed E-state index contributed by atoms with van der Waals surface area (Å²) >= 11 is 0. The molecule has 4 nitrogen and oxygen atoms in total. The van der Waals surface area contributed by atoms with Gasteiger partial charge in [-0.15, -0.1) is 0 Å². The summed E-state index contributed by atoms with van der Waals surface area (Å²) in [6.45, 7) is 3.44. The number of hydrogen-bond donors (Lipinski definition) is 1. The monoisotopic (exact) mass is 254 g/mol. The SMILES string of the molecule is CC(C#N)CN(C)Cc1ccc(N)c2cccnc12. The maximum atomic E-state index is 8.85. The molecule has 2 aromatic rings. The summed E-state index contributed by atoms with van der Waals surface area (Å²) in [6.07, 6.45) is 1.78. The second-order valence-corrected chi connectivity index (χ2v) is 4.94. The fraction of sp³-hybridized carbons (Fsp3) is 0.333. The smallest absolute Gasteiger partial charge is 0.0767 e. The summed E-state index contributed by atoms with van der Waals surface area (Å²) in [5.41, 5.74) is 8.79. The van der Waals surface area contributed by atoms with Crippen LogP contribution in [0.15, 0.2) is 30.5 Å². The molecule has 1 aromatic heterocycles. The highest BCUT2D eigenvalue weighted by atomic mass is 15.1. The minimum absolute atomic E-state index is 0.0259. The molecular weight excluding hydrogens is 236 g/mol. The molecule has 0 amide bonds. The number of benzene rings is 1. The van der Waals surface area contributed by atoms with Gasteiger partial charge in [0.05, 0.1) is 17.5 Å². The Kier molecular flexibility index (Phi) is 3.98. The van der Waals surface area contributed by atoms with Gasteiger partial charge in [0, 0.05) is 30.4 Å². The molecule has 98 valence electrons. The first-order chi connectivity index (χ1) is 9.11. The van der Waals surface area contributed by atoms with Gasteiger partial charge in [-0.1, -0.05) is 6.07 Å². The molecule has 4 heteroatoms. The van der Waals surface area contributed by atoms with Crippen molar-refractivity contribution in [1.29, 1.82) is 5.26 Å². The molecule has 1 aromatic carbocycles. The summed E-state index contributed by atoms with van der Waals surface area (Å²) in [5.74, 6) is 0.0259. The Morgan fingerprint density at radius 2 is 2.21 bits per heavy atom. The van der Waals surface area contributed by atoms with E-state index in [1.54, 1.807) is 6.20 Å². The van der Waals surface area contributed by atoms with E-state index in [9.17, 15) is 0 Å². The molecule has 1 heterocycles. The minimum atomic E-state index is 0.0259. The van der Waals surface area contributed by atoms with Gasteiger partial charge in [-0.05, 0) is 37.7 Å². The van der Waals surface area contributed by atoms with Crippen LogP contribution in [0.4, 0.5) is 5.69 Å². The van der Waals surface area contributed by atoms with Crippen LogP contribution in [0.25, 0.3) is 10.9 Å². The first-order valence-corrected chi connectivity index (χ1v) is 6.32. The van der Waals surface area contributed by atoms with Gasteiger partial charge in [0.2, 0.25) is 0 Å². The zero-order valence-electron chi connectivity index (χ0n) is 11.3. The van der Waals surface area contributed by atoms with Crippen LogP contribution in [-0.2, 0) is 6.54 Å². The standard InChI is InChI=1S/C15H18N4/c1-11(8-16)9-19(2)10-12-5-6-14(17)13-4-3-7-18-15(12)13/h3-7,11H,9-10,17H2,1-2H3. The molecule has 19 heavy (non-hydrogen) atoms. The lowest BCUT2D eigenvalue weighted by molar-refractivity contribution is 0.304. The first kappa shape index (κ1) is 13.3. The normalized spacial score (nSPS) is 12.5. The highest BCUT2D eigenvalue weighted by Gasteiger charge is 2.09. The van der Waals surface area contributed by atoms with Crippen molar-refractivity contribution in [3.05, 3.63) is 36.0 Å². The number of hydrogen-bond acceptors (Lipinski definition) is 4. The van der Waals surface area contributed by atoms with Gasteiger partial charge in [-0.3, -0.25) is 4.98 Å². The average molecular weight is 254 g/mol. The van der Waals surface area contributed by atoms with E-state index >= 15 is 0 Å². The summed E-state index contributed by atoms with van der Waals surface area (Å²) in [7, 11) is 2.01. The van der Waals surface area contributed by atoms with E-state index in [2.05, 4.69) is 16.0 Å².